The average molecular weight is 344 g/mol. The molecule has 2 rings (SSSR count). The molecule has 20 heavy (non-hydrogen) atoms. The highest BCUT2D eigenvalue weighted by atomic mass is 79.9. The first-order valence-electron chi connectivity index (χ1n) is 7.50. The monoisotopic (exact) mass is 343 g/mol. The van der Waals surface area contributed by atoms with Crippen molar-refractivity contribution in [1.82, 2.24) is 14.7 Å². The number of halogens is 1. The summed E-state index contributed by atoms with van der Waals surface area (Å²) >= 11 is 3.82. The predicted octanol–water partition coefficient (Wildman–Crippen LogP) is 3.26. The minimum atomic E-state index is 0.557. The summed E-state index contributed by atoms with van der Waals surface area (Å²) in [5.74, 6) is 1.51. The van der Waals surface area contributed by atoms with E-state index in [2.05, 4.69) is 44.7 Å². The van der Waals surface area contributed by atoms with E-state index < -0.39 is 0 Å². The van der Waals surface area contributed by atoms with Gasteiger partial charge in [0, 0.05) is 17.3 Å². The molecule has 2 unspecified atom stereocenters. The molecule has 1 fully saturated rings. The van der Waals surface area contributed by atoms with Gasteiger partial charge in [-0.1, -0.05) is 28.8 Å². The number of hydrogen-bond donors (Lipinski definition) is 0. The van der Waals surface area contributed by atoms with Crippen molar-refractivity contribution < 1.29 is 4.74 Å². The molecule has 114 valence electrons. The molecule has 5 heteroatoms. The van der Waals surface area contributed by atoms with Crippen LogP contribution in [0.4, 0.5) is 0 Å². The molecular weight excluding hydrogens is 318 g/mol. The number of alkyl halides is 1. The smallest absolute Gasteiger partial charge is 0.160 e. The lowest BCUT2D eigenvalue weighted by Crippen LogP contribution is -2.21. The number of methoxy groups -OCH3 is 1. The highest BCUT2D eigenvalue weighted by Gasteiger charge is 2.26. The summed E-state index contributed by atoms with van der Waals surface area (Å²) in [6, 6.07) is 0. The molecular formula is C15H26BrN3O. The van der Waals surface area contributed by atoms with Crippen LogP contribution in [0.3, 0.4) is 0 Å². The van der Waals surface area contributed by atoms with Crippen molar-refractivity contribution in [2.75, 3.05) is 27.7 Å². The predicted molar refractivity (Wildman–Crippen MR) is 85.9 cm³/mol. The van der Waals surface area contributed by atoms with Gasteiger partial charge in [-0.25, -0.2) is 0 Å². The van der Waals surface area contributed by atoms with Gasteiger partial charge in [0.05, 0.1) is 25.5 Å². The van der Waals surface area contributed by atoms with Gasteiger partial charge in [-0.05, 0) is 33.4 Å². The first-order valence-corrected chi connectivity index (χ1v) is 8.42. The van der Waals surface area contributed by atoms with Crippen LogP contribution in [0.15, 0.2) is 6.20 Å². The van der Waals surface area contributed by atoms with E-state index in [1.54, 1.807) is 7.11 Å². The first kappa shape index (κ1) is 15.8. The zero-order valence-corrected chi connectivity index (χ0v) is 14.4. The molecule has 0 aromatic carbocycles. The van der Waals surface area contributed by atoms with Gasteiger partial charge in [0.1, 0.15) is 0 Å². The van der Waals surface area contributed by atoms with Crippen molar-refractivity contribution in [3.8, 4) is 5.75 Å². The van der Waals surface area contributed by atoms with E-state index >= 15 is 0 Å². The number of ether oxygens (including phenoxy) is 1. The summed E-state index contributed by atoms with van der Waals surface area (Å²) in [7, 11) is 5.94. The summed E-state index contributed by atoms with van der Waals surface area (Å²) < 4.78 is 7.70. The second kappa shape index (κ2) is 7.46. The lowest BCUT2D eigenvalue weighted by molar-refractivity contribution is 0.357. The zero-order valence-electron chi connectivity index (χ0n) is 12.8. The topological polar surface area (TPSA) is 30.3 Å². The Morgan fingerprint density at radius 3 is 2.85 bits per heavy atom. The molecule has 1 saturated carbocycles. The van der Waals surface area contributed by atoms with E-state index in [-0.39, 0.29) is 0 Å². The molecule has 0 radical (unpaired) electrons. The van der Waals surface area contributed by atoms with Gasteiger partial charge in [-0.15, -0.1) is 0 Å². The molecule has 1 aliphatic carbocycles. The fraction of sp³-hybridized carbons (Fsp3) is 0.800. The average Bonchev–Trinajstić information content (AvgIpc) is 2.71. The fourth-order valence-corrected chi connectivity index (χ4v) is 3.74. The number of likely N-dealkylation sites (N-methyl/N-ethyl adjacent to an activating group) is 1. The van der Waals surface area contributed by atoms with Crippen LogP contribution in [0.25, 0.3) is 0 Å². The van der Waals surface area contributed by atoms with Crippen LogP contribution in [0, 0.1) is 0 Å². The number of aromatic nitrogens is 2. The summed E-state index contributed by atoms with van der Waals surface area (Å²) in [6.07, 6.45) is 8.20. The highest BCUT2D eigenvalue weighted by molar-refractivity contribution is 9.09. The molecule has 0 amide bonds. The van der Waals surface area contributed by atoms with Gasteiger partial charge in [-0.2, -0.15) is 5.10 Å². The van der Waals surface area contributed by atoms with Crippen molar-refractivity contribution in [2.24, 2.45) is 0 Å². The molecule has 2 atom stereocenters. The molecule has 1 aliphatic rings. The lowest BCUT2D eigenvalue weighted by Gasteiger charge is -2.20. The Labute approximate surface area is 130 Å². The molecule has 0 spiro atoms. The third-order valence-corrected chi connectivity index (χ3v) is 4.90. The van der Waals surface area contributed by atoms with Crippen molar-refractivity contribution in [3.05, 3.63) is 11.9 Å². The maximum atomic E-state index is 5.55. The lowest BCUT2D eigenvalue weighted by atomic mass is 9.96. The van der Waals surface area contributed by atoms with Crippen LogP contribution in [0.5, 0.6) is 5.75 Å². The van der Waals surface area contributed by atoms with Crippen molar-refractivity contribution in [3.63, 3.8) is 0 Å². The zero-order chi connectivity index (χ0) is 14.5. The third kappa shape index (κ3) is 3.98. The van der Waals surface area contributed by atoms with Crippen LogP contribution in [0.2, 0.25) is 0 Å². The number of hydrogen-bond acceptors (Lipinski definition) is 3. The Balaban J connectivity index is 2.20. The van der Waals surface area contributed by atoms with Crippen LogP contribution < -0.4 is 4.74 Å². The Kier molecular flexibility index (Phi) is 5.90. The van der Waals surface area contributed by atoms with Crippen LogP contribution in [0.1, 0.15) is 43.7 Å². The molecule has 0 bridgehead atoms. The summed E-state index contributed by atoms with van der Waals surface area (Å²) in [5.41, 5.74) is 1.29. The molecule has 0 N–H and O–H groups in total. The molecule has 1 aromatic rings. The van der Waals surface area contributed by atoms with E-state index in [0.717, 1.165) is 18.8 Å². The number of rotatable bonds is 5. The van der Waals surface area contributed by atoms with Gasteiger partial charge in [0.2, 0.25) is 0 Å². The fourth-order valence-electron chi connectivity index (χ4n) is 2.97. The third-order valence-electron chi connectivity index (χ3n) is 4.07. The molecule has 4 nitrogen and oxygen atoms in total. The Morgan fingerprint density at radius 2 is 2.15 bits per heavy atom. The van der Waals surface area contributed by atoms with E-state index in [4.69, 9.17) is 4.74 Å². The Hall–Kier alpha value is -0.550. The van der Waals surface area contributed by atoms with Crippen LogP contribution >= 0.6 is 15.9 Å². The molecule has 1 heterocycles. The Bertz CT molecular complexity index is 419. The SMILES string of the molecule is COc1cnn(CCN(C)C)c1C1CCCCC(Br)C1. The second-order valence-electron chi connectivity index (χ2n) is 5.94. The van der Waals surface area contributed by atoms with Gasteiger partial charge < -0.3 is 9.64 Å². The van der Waals surface area contributed by atoms with E-state index in [0.29, 0.717) is 10.7 Å². The van der Waals surface area contributed by atoms with Gasteiger partial charge in [0.15, 0.2) is 5.75 Å². The molecule has 0 saturated heterocycles. The molecule has 1 aromatic heterocycles. The van der Waals surface area contributed by atoms with Crippen molar-refractivity contribution in [2.45, 2.75) is 49.4 Å². The highest BCUT2D eigenvalue weighted by Crippen LogP contribution is 2.38. The van der Waals surface area contributed by atoms with Gasteiger partial charge in [-0.3, -0.25) is 4.68 Å². The quantitative estimate of drug-likeness (QED) is 0.607. The van der Waals surface area contributed by atoms with E-state index in [9.17, 15) is 0 Å². The maximum absolute atomic E-state index is 5.55. The minimum absolute atomic E-state index is 0.557. The second-order valence-corrected chi connectivity index (χ2v) is 7.23. The summed E-state index contributed by atoms with van der Waals surface area (Å²) in [4.78, 5) is 2.81. The number of nitrogens with zero attached hydrogens (tertiary/aromatic N) is 3. The van der Waals surface area contributed by atoms with E-state index in [1.807, 2.05) is 6.20 Å². The minimum Gasteiger partial charge on any atom is -0.493 e. The van der Waals surface area contributed by atoms with E-state index in [1.165, 1.54) is 37.8 Å². The largest absolute Gasteiger partial charge is 0.493 e. The van der Waals surface area contributed by atoms with Crippen molar-refractivity contribution in [1.29, 1.82) is 0 Å². The summed E-state index contributed by atoms with van der Waals surface area (Å²) in [5, 5.41) is 4.54. The molecule has 0 aliphatic heterocycles. The first-order chi connectivity index (χ1) is 9.61. The standard InChI is InChI=1S/C15H26BrN3O/c1-18(2)8-9-19-15(14(20-3)11-17-19)12-6-4-5-7-13(16)10-12/h11-13H,4-10H2,1-3H3. The van der Waals surface area contributed by atoms with Crippen LogP contribution in [-0.2, 0) is 6.54 Å². The maximum Gasteiger partial charge on any atom is 0.160 e. The summed E-state index contributed by atoms with van der Waals surface area (Å²) in [6.45, 7) is 1.93. The Morgan fingerprint density at radius 1 is 1.40 bits per heavy atom. The van der Waals surface area contributed by atoms with Crippen molar-refractivity contribution >= 4 is 15.9 Å². The van der Waals surface area contributed by atoms with Gasteiger partial charge >= 0.3 is 0 Å². The van der Waals surface area contributed by atoms with Crippen LogP contribution in [-0.4, -0.2) is 47.3 Å². The normalized spacial score (nSPS) is 23.9. The van der Waals surface area contributed by atoms with Gasteiger partial charge in [0.25, 0.3) is 0 Å².